The Kier molecular flexibility index (Phi) is 5.69. The number of amides is 1. The van der Waals surface area contributed by atoms with E-state index in [1.54, 1.807) is 35.2 Å². The van der Waals surface area contributed by atoms with Crippen molar-refractivity contribution >= 4 is 29.0 Å². The molecule has 158 valence electrons. The highest BCUT2D eigenvalue weighted by atomic mass is 35.5. The van der Waals surface area contributed by atoms with Gasteiger partial charge < -0.3 is 10.0 Å². The van der Waals surface area contributed by atoms with E-state index in [-0.39, 0.29) is 12.2 Å². The molecule has 0 fully saturated rings. The molecule has 4 rings (SSSR count). The molecule has 1 heterocycles. The van der Waals surface area contributed by atoms with Gasteiger partial charge in [-0.3, -0.25) is 9.59 Å². The number of hydrogen-bond acceptors (Lipinski definition) is 3. The topological polar surface area (TPSA) is 57.6 Å². The minimum absolute atomic E-state index is 0.290. The highest BCUT2D eigenvalue weighted by Crippen LogP contribution is 2.44. The van der Waals surface area contributed by atoms with E-state index in [2.05, 4.69) is 0 Å². The lowest BCUT2D eigenvalue weighted by atomic mass is 9.88. The van der Waals surface area contributed by atoms with Gasteiger partial charge in [0.05, 0.1) is 18.7 Å². The molecule has 1 atom stereocenters. The third-order valence-electron chi connectivity index (χ3n) is 5.98. The Labute approximate surface area is 187 Å². The number of benzene rings is 3. The predicted octanol–water partition coefficient (Wildman–Crippen LogP) is 5.22. The summed E-state index contributed by atoms with van der Waals surface area (Å²) in [5, 5.41) is 11.9. The fourth-order valence-electron chi connectivity index (χ4n) is 4.07. The molecule has 0 aliphatic carbocycles. The summed E-state index contributed by atoms with van der Waals surface area (Å²) < 4.78 is 0. The Bertz CT molecular complexity index is 1160. The first-order valence-corrected chi connectivity index (χ1v) is 10.7. The molecule has 1 aliphatic heterocycles. The Morgan fingerprint density at radius 3 is 2.45 bits per heavy atom. The largest absolute Gasteiger partial charge is 0.375 e. The number of nitrogens with zero attached hydrogens (tertiary/aromatic N) is 1. The third kappa shape index (κ3) is 3.89. The van der Waals surface area contributed by atoms with Crippen molar-refractivity contribution in [2.75, 3.05) is 4.90 Å². The first-order valence-electron chi connectivity index (χ1n) is 10.3. The minimum atomic E-state index is -1.95. The van der Waals surface area contributed by atoms with Crippen molar-refractivity contribution in [2.24, 2.45) is 0 Å². The van der Waals surface area contributed by atoms with E-state index in [1.165, 1.54) is 0 Å². The van der Waals surface area contributed by atoms with Gasteiger partial charge >= 0.3 is 0 Å². The number of anilines is 1. The van der Waals surface area contributed by atoms with Crippen LogP contribution in [0.2, 0.25) is 5.02 Å². The maximum absolute atomic E-state index is 13.5. The van der Waals surface area contributed by atoms with Crippen molar-refractivity contribution in [2.45, 2.75) is 38.8 Å². The molecule has 3 aromatic carbocycles. The molecule has 0 unspecified atom stereocenters. The Morgan fingerprint density at radius 2 is 1.77 bits per heavy atom. The minimum Gasteiger partial charge on any atom is -0.375 e. The van der Waals surface area contributed by atoms with Gasteiger partial charge in [-0.15, -0.1) is 0 Å². The van der Waals surface area contributed by atoms with Gasteiger partial charge in [-0.25, -0.2) is 0 Å². The fourth-order valence-corrected chi connectivity index (χ4v) is 4.24. The van der Waals surface area contributed by atoms with Crippen molar-refractivity contribution in [3.05, 3.63) is 99.6 Å². The van der Waals surface area contributed by atoms with Crippen molar-refractivity contribution < 1.29 is 14.7 Å². The second-order valence-electron chi connectivity index (χ2n) is 7.99. The van der Waals surface area contributed by atoms with E-state index in [1.807, 2.05) is 50.2 Å². The van der Waals surface area contributed by atoms with Crippen LogP contribution in [0.3, 0.4) is 0 Å². The Morgan fingerprint density at radius 1 is 1.06 bits per heavy atom. The number of carbonyl (C=O) groups is 2. The SMILES string of the molecule is CCc1ccc(C(=O)C[C@]2(O)C(=O)N(Cc3ccccc3C)c3ccc(Cl)cc32)cc1. The van der Waals surface area contributed by atoms with Gasteiger partial charge in [-0.1, -0.05) is 67.1 Å². The zero-order chi connectivity index (χ0) is 22.2. The molecule has 0 spiro atoms. The lowest BCUT2D eigenvalue weighted by Crippen LogP contribution is -2.41. The van der Waals surface area contributed by atoms with Gasteiger partial charge in [0.25, 0.3) is 5.91 Å². The Hall–Kier alpha value is -2.95. The molecule has 0 bridgehead atoms. The van der Waals surface area contributed by atoms with E-state index in [4.69, 9.17) is 11.6 Å². The summed E-state index contributed by atoms with van der Waals surface area (Å²) in [6, 6.07) is 20.1. The maximum Gasteiger partial charge on any atom is 0.264 e. The Balaban J connectivity index is 1.70. The highest BCUT2D eigenvalue weighted by molar-refractivity contribution is 6.31. The molecular weight excluding hydrogens is 410 g/mol. The van der Waals surface area contributed by atoms with Crippen LogP contribution >= 0.6 is 11.6 Å². The molecule has 0 saturated carbocycles. The number of aliphatic hydroxyl groups is 1. The number of halogens is 1. The molecule has 1 amide bonds. The van der Waals surface area contributed by atoms with Gasteiger partial charge in [0.15, 0.2) is 11.4 Å². The number of hydrogen-bond donors (Lipinski definition) is 1. The lowest BCUT2D eigenvalue weighted by molar-refractivity contribution is -0.136. The van der Waals surface area contributed by atoms with Gasteiger partial charge in [-0.05, 0) is 48.2 Å². The number of ketones is 1. The van der Waals surface area contributed by atoms with Gasteiger partial charge in [0.2, 0.25) is 0 Å². The highest BCUT2D eigenvalue weighted by Gasteiger charge is 2.51. The zero-order valence-electron chi connectivity index (χ0n) is 17.6. The van der Waals surface area contributed by atoms with E-state index >= 15 is 0 Å². The van der Waals surface area contributed by atoms with Gasteiger partial charge in [0.1, 0.15) is 0 Å². The van der Waals surface area contributed by atoms with Crippen molar-refractivity contribution in [1.82, 2.24) is 0 Å². The van der Waals surface area contributed by atoms with Gasteiger partial charge in [-0.2, -0.15) is 0 Å². The van der Waals surface area contributed by atoms with E-state index < -0.39 is 11.5 Å². The number of carbonyl (C=O) groups excluding carboxylic acids is 2. The number of aryl methyl sites for hydroxylation is 2. The molecule has 3 aromatic rings. The number of fused-ring (bicyclic) bond motifs is 1. The summed E-state index contributed by atoms with van der Waals surface area (Å²) in [7, 11) is 0. The zero-order valence-corrected chi connectivity index (χ0v) is 18.3. The summed E-state index contributed by atoms with van der Waals surface area (Å²) in [5.74, 6) is -0.797. The van der Waals surface area contributed by atoms with E-state index in [0.29, 0.717) is 28.4 Å². The lowest BCUT2D eigenvalue weighted by Gasteiger charge is -2.23. The molecule has 1 aliphatic rings. The van der Waals surface area contributed by atoms with Gasteiger partial charge in [0, 0.05) is 16.1 Å². The second-order valence-corrected chi connectivity index (χ2v) is 8.43. The quantitative estimate of drug-likeness (QED) is 0.542. The molecule has 0 aromatic heterocycles. The molecule has 0 saturated heterocycles. The van der Waals surface area contributed by atoms with Crippen LogP contribution in [0.1, 0.15) is 46.0 Å². The van der Waals surface area contributed by atoms with Crippen LogP contribution in [0.5, 0.6) is 0 Å². The smallest absolute Gasteiger partial charge is 0.264 e. The fraction of sp³-hybridized carbons (Fsp3) is 0.231. The van der Waals surface area contributed by atoms with E-state index in [0.717, 1.165) is 23.1 Å². The average molecular weight is 434 g/mol. The summed E-state index contributed by atoms with van der Waals surface area (Å²) in [6.45, 7) is 4.33. The number of Topliss-reactive ketones (excluding diaryl/α,β-unsaturated/α-hetero) is 1. The van der Waals surface area contributed by atoms with Crippen molar-refractivity contribution in [3.8, 4) is 0 Å². The second kappa shape index (κ2) is 8.29. The monoisotopic (exact) mass is 433 g/mol. The van der Waals surface area contributed by atoms with Crippen molar-refractivity contribution in [3.63, 3.8) is 0 Å². The third-order valence-corrected chi connectivity index (χ3v) is 6.22. The molecular formula is C26H24ClNO3. The summed E-state index contributed by atoms with van der Waals surface area (Å²) in [6.07, 6.45) is 0.533. The molecule has 1 N–H and O–H groups in total. The normalized spacial score (nSPS) is 17.7. The first kappa shape index (κ1) is 21.3. The van der Waals surface area contributed by atoms with Crippen LogP contribution < -0.4 is 4.90 Å². The van der Waals surface area contributed by atoms with Crippen LogP contribution in [-0.2, 0) is 23.4 Å². The van der Waals surface area contributed by atoms with Crippen LogP contribution in [0.25, 0.3) is 0 Å². The van der Waals surface area contributed by atoms with E-state index in [9.17, 15) is 14.7 Å². The number of rotatable bonds is 6. The summed E-state index contributed by atoms with van der Waals surface area (Å²) >= 11 is 6.19. The van der Waals surface area contributed by atoms with Crippen LogP contribution in [0.15, 0.2) is 66.7 Å². The molecule has 5 heteroatoms. The predicted molar refractivity (Wildman–Crippen MR) is 122 cm³/mol. The van der Waals surface area contributed by atoms with Crippen LogP contribution in [0, 0.1) is 6.92 Å². The average Bonchev–Trinajstić information content (AvgIpc) is 2.96. The summed E-state index contributed by atoms with van der Waals surface area (Å²) in [4.78, 5) is 28.0. The molecule has 0 radical (unpaired) electrons. The van der Waals surface area contributed by atoms with Crippen LogP contribution in [-0.4, -0.2) is 16.8 Å². The molecule has 4 nitrogen and oxygen atoms in total. The maximum atomic E-state index is 13.5. The first-order chi connectivity index (χ1) is 14.8. The standard InChI is InChI=1S/C26H24ClNO3/c1-3-18-8-10-19(11-9-18)24(29)15-26(31)22-14-21(27)12-13-23(22)28(25(26)30)16-20-7-5-4-6-17(20)2/h4-14,31H,3,15-16H2,1-2H3/t26-/m1/s1. The van der Waals surface area contributed by atoms with Crippen molar-refractivity contribution in [1.29, 1.82) is 0 Å². The summed E-state index contributed by atoms with van der Waals surface area (Å²) in [5.41, 5.74) is 2.61. The van der Waals surface area contributed by atoms with Crippen LogP contribution in [0.4, 0.5) is 5.69 Å². The molecule has 31 heavy (non-hydrogen) atoms.